The van der Waals surface area contributed by atoms with E-state index in [2.05, 4.69) is 15.3 Å². The SMILES string of the molecule is CN(CCc1ccncc1)C(=O)CCNCc1cccnc1. The predicted molar refractivity (Wildman–Crippen MR) is 86.1 cm³/mol. The van der Waals surface area contributed by atoms with Crippen LogP contribution in [0.3, 0.4) is 0 Å². The van der Waals surface area contributed by atoms with E-state index in [1.54, 1.807) is 23.5 Å². The van der Waals surface area contributed by atoms with Crippen molar-refractivity contribution in [3.8, 4) is 0 Å². The molecule has 0 aliphatic rings. The van der Waals surface area contributed by atoms with Crippen molar-refractivity contribution in [3.63, 3.8) is 0 Å². The average Bonchev–Trinajstić information content (AvgIpc) is 2.58. The van der Waals surface area contributed by atoms with Gasteiger partial charge in [0.15, 0.2) is 0 Å². The molecule has 5 nitrogen and oxygen atoms in total. The van der Waals surface area contributed by atoms with Gasteiger partial charge in [-0.3, -0.25) is 14.8 Å². The maximum absolute atomic E-state index is 12.0. The molecule has 0 aromatic carbocycles. The molecule has 2 aromatic rings. The van der Waals surface area contributed by atoms with E-state index in [0.717, 1.165) is 25.1 Å². The highest BCUT2D eigenvalue weighted by molar-refractivity contribution is 5.76. The van der Waals surface area contributed by atoms with E-state index in [1.165, 1.54) is 5.56 Å². The Morgan fingerprint density at radius 1 is 1.14 bits per heavy atom. The van der Waals surface area contributed by atoms with Crippen LogP contribution in [0.2, 0.25) is 0 Å². The first-order valence-corrected chi connectivity index (χ1v) is 7.48. The minimum atomic E-state index is 0.160. The maximum Gasteiger partial charge on any atom is 0.223 e. The Balaban J connectivity index is 1.62. The summed E-state index contributed by atoms with van der Waals surface area (Å²) in [7, 11) is 1.85. The Morgan fingerprint density at radius 3 is 2.68 bits per heavy atom. The summed E-state index contributed by atoms with van der Waals surface area (Å²) < 4.78 is 0. The standard InChI is InChI=1S/C17H22N4O/c1-21(12-7-15-4-9-18-10-5-15)17(22)6-11-20-14-16-3-2-8-19-13-16/h2-5,8-10,13,20H,6-7,11-12,14H2,1H3. The van der Waals surface area contributed by atoms with Gasteiger partial charge in [0.1, 0.15) is 0 Å². The number of hydrogen-bond donors (Lipinski definition) is 1. The Morgan fingerprint density at radius 2 is 1.95 bits per heavy atom. The van der Waals surface area contributed by atoms with Gasteiger partial charge in [-0.05, 0) is 35.7 Å². The zero-order valence-electron chi connectivity index (χ0n) is 12.9. The molecule has 116 valence electrons. The van der Waals surface area contributed by atoms with Crippen molar-refractivity contribution in [1.29, 1.82) is 0 Å². The molecule has 0 radical (unpaired) electrons. The summed E-state index contributed by atoms with van der Waals surface area (Å²) in [6.45, 7) is 2.14. The fourth-order valence-electron chi connectivity index (χ4n) is 2.09. The molecule has 0 fully saturated rings. The van der Waals surface area contributed by atoms with Crippen LogP contribution in [0, 0.1) is 0 Å². The molecule has 22 heavy (non-hydrogen) atoms. The summed E-state index contributed by atoms with van der Waals surface area (Å²) in [5.74, 6) is 0.160. The lowest BCUT2D eigenvalue weighted by Gasteiger charge is -2.17. The number of amides is 1. The van der Waals surface area contributed by atoms with Gasteiger partial charge < -0.3 is 10.2 Å². The van der Waals surface area contributed by atoms with Crippen LogP contribution < -0.4 is 5.32 Å². The fourth-order valence-corrected chi connectivity index (χ4v) is 2.09. The summed E-state index contributed by atoms with van der Waals surface area (Å²) in [5, 5.41) is 3.27. The van der Waals surface area contributed by atoms with E-state index in [1.807, 2.05) is 37.5 Å². The van der Waals surface area contributed by atoms with Crippen molar-refractivity contribution in [3.05, 3.63) is 60.2 Å². The van der Waals surface area contributed by atoms with E-state index in [-0.39, 0.29) is 5.91 Å². The van der Waals surface area contributed by atoms with E-state index in [4.69, 9.17) is 0 Å². The molecule has 0 aliphatic carbocycles. The fraction of sp³-hybridized carbons (Fsp3) is 0.353. The lowest BCUT2D eigenvalue weighted by atomic mass is 10.2. The molecule has 2 rings (SSSR count). The molecular formula is C17H22N4O. The Labute approximate surface area is 131 Å². The van der Waals surface area contributed by atoms with Crippen LogP contribution in [0.5, 0.6) is 0 Å². The lowest BCUT2D eigenvalue weighted by Crippen LogP contribution is -2.31. The van der Waals surface area contributed by atoms with Gasteiger partial charge in [-0.25, -0.2) is 0 Å². The van der Waals surface area contributed by atoms with Crippen molar-refractivity contribution < 1.29 is 4.79 Å². The third-order valence-corrected chi connectivity index (χ3v) is 3.48. The van der Waals surface area contributed by atoms with Gasteiger partial charge in [-0.15, -0.1) is 0 Å². The van der Waals surface area contributed by atoms with Gasteiger partial charge in [-0.2, -0.15) is 0 Å². The van der Waals surface area contributed by atoms with Crippen LogP contribution in [0.15, 0.2) is 49.1 Å². The predicted octanol–water partition coefficient (Wildman–Crippen LogP) is 1.66. The van der Waals surface area contributed by atoms with Gasteiger partial charge >= 0.3 is 0 Å². The number of aromatic nitrogens is 2. The molecular weight excluding hydrogens is 276 g/mol. The molecule has 0 saturated heterocycles. The number of nitrogens with zero attached hydrogens (tertiary/aromatic N) is 3. The zero-order valence-corrected chi connectivity index (χ0v) is 12.9. The smallest absolute Gasteiger partial charge is 0.223 e. The first-order chi connectivity index (χ1) is 10.8. The molecule has 2 aromatic heterocycles. The minimum Gasteiger partial charge on any atom is -0.345 e. The molecule has 0 unspecified atom stereocenters. The van der Waals surface area contributed by atoms with E-state index in [9.17, 15) is 4.79 Å². The van der Waals surface area contributed by atoms with Gasteiger partial charge in [0, 0.05) is 57.9 Å². The maximum atomic E-state index is 12.0. The van der Waals surface area contributed by atoms with E-state index < -0.39 is 0 Å². The third-order valence-electron chi connectivity index (χ3n) is 3.48. The molecule has 1 N–H and O–H groups in total. The second kappa shape index (κ2) is 8.89. The Hall–Kier alpha value is -2.27. The van der Waals surface area contributed by atoms with Crippen LogP contribution >= 0.6 is 0 Å². The van der Waals surface area contributed by atoms with E-state index >= 15 is 0 Å². The number of carbonyl (C=O) groups is 1. The van der Waals surface area contributed by atoms with Crippen LogP contribution in [-0.2, 0) is 17.8 Å². The number of carbonyl (C=O) groups excluding carboxylic acids is 1. The van der Waals surface area contributed by atoms with Gasteiger partial charge in [-0.1, -0.05) is 6.07 Å². The highest BCUT2D eigenvalue weighted by Crippen LogP contribution is 2.00. The van der Waals surface area contributed by atoms with Gasteiger partial charge in [0.05, 0.1) is 0 Å². The lowest BCUT2D eigenvalue weighted by molar-refractivity contribution is -0.129. The molecule has 5 heteroatoms. The Bertz CT molecular complexity index is 559. The number of nitrogens with one attached hydrogen (secondary N) is 1. The van der Waals surface area contributed by atoms with Crippen LogP contribution in [0.1, 0.15) is 17.5 Å². The van der Waals surface area contributed by atoms with Crippen molar-refractivity contribution in [2.75, 3.05) is 20.1 Å². The molecule has 0 saturated carbocycles. The summed E-state index contributed by atoms with van der Waals surface area (Å²) in [6.07, 6.45) is 8.50. The monoisotopic (exact) mass is 298 g/mol. The van der Waals surface area contributed by atoms with E-state index in [0.29, 0.717) is 13.0 Å². The summed E-state index contributed by atoms with van der Waals surface area (Å²) >= 11 is 0. The summed E-state index contributed by atoms with van der Waals surface area (Å²) in [4.78, 5) is 21.9. The number of likely N-dealkylation sites (N-methyl/N-ethyl adjacent to an activating group) is 1. The second-order valence-electron chi connectivity index (χ2n) is 5.21. The average molecular weight is 298 g/mol. The van der Waals surface area contributed by atoms with Gasteiger partial charge in [0.25, 0.3) is 0 Å². The number of hydrogen-bond acceptors (Lipinski definition) is 4. The molecule has 1 amide bonds. The third kappa shape index (κ3) is 5.61. The Kier molecular flexibility index (Phi) is 6.51. The topological polar surface area (TPSA) is 58.1 Å². The second-order valence-corrected chi connectivity index (χ2v) is 5.21. The number of pyridine rings is 2. The molecule has 0 aliphatic heterocycles. The molecule has 0 spiro atoms. The zero-order chi connectivity index (χ0) is 15.6. The quantitative estimate of drug-likeness (QED) is 0.753. The van der Waals surface area contributed by atoms with Crippen LogP contribution in [-0.4, -0.2) is 40.9 Å². The largest absolute Gasteiger partial charge is 0.345 e. The first-order valence-electron chi connectivity index (χ1n) is 7.48. The van der Waals surface area contributed by atoms with Crippen LogP contribution in [0.25, 0.3) is 0 Å². The molecule has 0 atom stereocenters. The van der Waals surface area contributed by atoms with Gasteiger partial charge in [0.2, 0.25) is 5.91 Å². The normalized spacial score (nSPS) is 10.4. The highest BCUT2D eigenvalue weighted by Gasteiger charge is 2.08. The van der Waals surface area contributed by atoms with Crippen molar-refractivity contribution >= 4 is 5.91 Å². The van der Waals surface area contributed by atoms with Crippen molar-refractivity contribution in [1.82, 2.24) is 20.2 Å². The summed E-state index contributed by atoms with van der Waals surface area (Å²) in [5.41, 5.74) is 2.32. The number of rotatable bonds is 8. The highest BCUT2D eigenvalue weighted by atomic mass is 16.2. The summed E-state index contributed by atoms with van der Waals surface area (Å²) in [6, 6.07) is 7.89. The minimum absolute atomic E-state index is 0.160. The molecule has 0 bridgehead atoms. The van der Waals surface area contributed by atoms with Crippen LogP contribution in [0.4, 0.5) is 0 Å². The van der Waals surface area contributed by atoms with Crippen molar-refractivity contribution in [2.24, 2.45) is 0 Å². The molecule has 2 heterocycles. The van der Waals surface area contributed by atoms with Crippen molar-refractivity contribution in [2.45, 2.75) is 19.4 Å². The first kappa shape index (κ1) is 16.1.